The van der Waals surface area contributed by atoms with Crippen molar-refractivity contribution in [1.29, 1.82) is 0 Å². The number of esters is 1. The second-order valence-corrected chi connectivity index (χ2v) is 3.20. The van der Waals surface area contributed by atoms with Gasteiger partial charge in [-0.15, -0.1) is 13.2 Å². The van der Waals surface area contributed by atoms with Crippen LogP contribution in [0.25, 0.3) is 0 Å². The van der Waals surface area contributed by atoms with Gasteiger partial charge in [0.1, 0.15) is 12.4 Å². The van der Waals surface area contributed by atoms with Gasteiger partial charge in [-0.3, -0.25) is 4.74 Å². The van der Waals surface area contributed by atoms with Crippen LogP contribution in [0.2, 0.25) is 0 Å². The van der Waals surface area contributed by atoms with E-state index in [0.29, 0.717) is 0 Å². The number of nitrogens with two attached hydrogens (primary N) is 1. The van der Waals surface area contributed by atoms with Crippen molar-refractivity contribution in [1.82, 2.24) is 0 Å². The average Bonchev–Trinajstić information content (AvgIpc) is 2.21. The zero-order valence-electron chi connectivity index (χ0n) is 8.96. The molecule has 0 spiro atoms. The summed E-state index contributed by atoms with van der Waals surface area (Å²) in [5.41, 5.74) is 5.11. The Morgan fingerprint density at radius 1 is 1.22 bits per heavy atom. The molecule has 0 atom stereocenters. The fourth-order valence-electron chi connectivity index (χ4n) is 1.11. The number of nitrogen functional groups attached to an aromatic ring is 1. The van der Waals surface area contributed by atoms with E-state index in [1.165, 1.54) is 0 Å². The Morgan fingerprint density at radius 3 is 2.44 bits per heavy atom. The molecule has 0 heterocycles. The van der Waals surface area contributed by atoms with Crippen LogP contribution in [-0.2, 0) is 9.47 Å². The maximum Gasteiger partial charge on any atom is 0.522 e. The zero-order chi connectivity index (χ0) is 13.8. The van der Waals surface area contributed by atoms with Crippen molar-refractivity contribution in [3.8, 4) is 0 Å². The Hall–Kier alpha value is -1.83. The van der Waals surface area contributed by atoms with Gasteiger partial charge < -0.3 is 10.5 Å². The molecule has 100 valence electrons. The number of ether oxygens (including phenoxy) is 2. The van der Waals surface area contributed by atoms with E-state index < -0.39 is 31.4 Å². The number of hydrogen-bond donors (Lipinski definition) is 1. The molecule has 0 radical (unpaired) electrons. The molecule has 8 heteroatoms. The normalized spacial score (nSPS) is 11.3. The molecule has 0 amide bonds. The minimum absolute atomic E-state index is 0.00786. The van der Waals surface area contributed by atoms with Gasteiger partial charge in [-0.1, -0.05) is 0 Å². The van der Waals surface area contributed by atoms with Crippen molar-refractivity contribution in [2.24, 2.45) is 0 Å². The largest absolute Gasteiger partial charge is 0.522 e. The average molecular weight is 267 g/mol. The first-order valence-corrected chi connectivity index (χ1v) is 4.72. The van der Waals surface area contributed by atoms with Crippen LogP contribution >= 0.6 is 0 Å². The lowest BCUT2D eigenvalue weighted by atomic mass is 10.2. The smallest absolute Gasteiger partial charge is 0.460 e. The zero-order valence-corrected chi connectivity index (χ0v) is 8.96. The van der Waals surface area contributed by atoms with E-state index in [4.69, 9.17) is 5.73 Å². The summed E-state index contributed by atoms with van der Waals surface area (Å²) in [5, 5.41) is 0. The molecule has 0 saturated heterocycles. The maximum absolute atomic E-state index is 12.9. The molecule has 1 rings (SSSR count). The molecule has 0 aliphatic heterocycles. The van der Waals surface area contributed by atoms with Crippen molar-refractivity contribution in [3.63, 3.8) is 0 Å². The van der Waals surface area contributed by atoms with E-state index >= 15 is 0 Å². The quantitative estimate of drug-likeness (QED) is 0.393. The van der Waals surface area contributed by atoms with E-state index in [1.54, 1.807) is 0 Å². The van der Waals surface area contributed by atoms with E-state index in [0.717, 1.165) is 18.2 Å². The van der Waals surface area contributed by atoms with Gasteiger partial charge in [0, 0.05) is 5.69 Å². The molecule has 0 bridgehead atoms. The third-order valence-corrected chi connectivity index (χ3v) is 1.74. The summed E-state index contributed by atoms with van der Waals surface area (Å²) in [6.07, 6.45) is -4.78. The van der Waals surface area contributed by atoms with Crippen LogP contribution in [0.5, 0.6) is 0 Å². The molecular formula is C10H9F4NO3. The van der Waals surface area contributed by atoms with Crippen LogP contribution < -0.4 is 5.73 Å². The van der Waals surface area contributed by atoms with E-state index in [1.807, 2.05) is 0 Å². The summed E-state index contributed by atoms with van der Waals surface area (Å²) >= 11 is 0. The SMILES string of the molecule is Nc1cc(F)cc(C(=O)OCCOC(F)(F)F)c1. The van der Waals surface area contributed by atoms with Crippen molar-refractivity contribution < 1.29 is 31.8 Å². The van der Waals surface area contributed by atoms with Crippen molar-refractivity contribution >= 4 is 11.7 Å². The number of carbonyl (C=O) groups is 1. The number of alkyl halides is 3. The van der Waals surface area contributed by atoms with Crippen molar-refractivity contribution in [2.75, 3.05) is 18.9 Å². The summed E-state index contributed by atoms with van der Waals surface area (Å²) < 4.78 is 55.4. The first-order chi connectivity index (χ1) is 8.28. The predicted octanol–water partition coefficient (Wildman–Crippen LogP) is 2.10. The number of carbonyl (C=O) groups excluding carboxylic acids is 1. The summed E-state index contributed by atoms with van der Waals surface area (Å²) in [7, 11) is 0. The first-order valence-electron chi connectivity index (χ1n) is 4.72. The minimum Gasteiger partial charge on any atom is -0.460 e. The van der Waals surface area contributed by atoms with Crippen LogP contribution in [0.15, 0.2) is 18.2 Å². The molecule has 0 saturated carbocycles. The Labute approximate surface area is 99.3 Å². The molecule has 0 fully saturated rings. The molecule has 0 aliphatic rings. The van der Waals surface area contributed by atoms with Crippen LogP contribution in [0.3, 0.4) is 0 Å². The van der Waals surface area contributed by atoms with Gasteiger partial charge in [-0.2, -0.15) is 0 Å². The highest BCUT2D eigenvalue weighted by molar-refractivity contribution is 5.90. The Kier molecular flexibility index (Phi) is 4.49. The van der Waals surface area contributed by atoms with E-state index in [-0.39, 0.29) is 11.3 Å². The molecule has 1 aromatic rings. The highest BCUT2D eigenvalue weighted by Gasteiger charge is 2.28. The van der Waals surface area contributed by atoms with Gasteiger partial charge in [-0.05, 0) is 18.2 Å². The van der Waals surface area contributed by atoms with Gasteiger partial charge in [0.15, 0.2) is 0 Å². The van der Waals surface area contributed by atoms with E-state index in [2.05, 4.69) is 9.47 Å². The van der Waals surface area contributed by atoms with Crippen LogP contribution in [0.4, 0.5) is 23.2 Å². The first kappa shape index (κ1) is 14.2. The molecule has 0 aromatic heterocycles. The Bertz CT molecular complexity index is 413. The van der Waals surface area contributed by atoms with Crippen LogP contribution in [-0.4, -0.2) is 25.5 Å². The number of benzene rings is 1. The second-order valence-electron chi connectivity index (χ2n) is 3.20. The van der Waals surface area contributed by atoms with Crippen LogP contribution in [0.1, 0.15) is 10.4 Å². The lowest BCUT2D eigenvalue weighted by Crippen LogP contribution is -2.18. The number of rotatable bonds is 4. The van der Waals surface area contributed by atoms with Gasteiger partial charge in [0.25, 0.3) is 0 Å². The Morgan fingerprint density at radius 2 is 1.89 bits per heavy atom. The van der Waals surface area contributed by atoms with E-state index in [9.17, 15) is 22.4 Å². The van der Waals surface area contributed by atoms with Gasteiger partial charge in [-0.25, -0.2) is 9.18 Å². The van der Waals surface area contributed by atoms with Crippen molar-refractivity contribution in [3.05, 3.63) is 29.6 Å². The molecule has 2 N–H and O–H groups in total. The fraction of sp³-hybridized carbons (Fsp3) is 0.300. The molecular weight excluding hydrogens is 258 g/mol. The van der Waals surface area contributed by atoms with Gasteiger partial charge in [0.05, 0.1) is 12.2 Å². The molecule has 0 unspecified atom stereocenters. The molecule has 1 aromatic carbocycles. The highest BCUT2D eigenvalue weighted by atomic mass is 19.4. The minimum atomic E-state index is -4.78. The summed E-state index contributed by atoms with van der Waals surface area (Å²) in [6, 6.07) is 3.00. The fourth-order valence-corrected chi connectivity index (χ4v) is 1.11. The van der Waals surface area contributed by atoms with Gasteiger partial charge in [0.2, 0.25) is 0 Å². The molecule has 18 heavy (non-hydrogen) atoms. The summed E-state index contributed by atoms with van der Waals surface area (Å²) in [5.74, 6) is -1.72. The summed E-state index contributed by atoms with van der Waals surface area (Å²) in [6.45, 7) is -1.44. The summed E-state index contributed by atoms with van der Waals surface area (Å²) in [4.78, 5) is 11.3. The third kappa shape index (κ3) is 5.00. The topological polar surface area (TPSA) is 61.6 Å². The highest BCUT2D eigenvalue weighted by Crippen LogP contribution is 2.16. The van der Waals surface area contributed by atoms with Gasteiger partial charge >= 0.3 is 12.3 Å². The molecule has 4 nitrogen and oxygen atoms in total. The number of halogens is 4. The third-order valence-electron chi connectivity index (χ3n) is 1.74. The monoisotopic (exact) mass is 267 g/mol. The number of hydrogen-bond acceptors (Lipinski definition) is 4. The predicted molar refractivity (Wildman–Crippen MR) is 53.1 cm³/mol. The van der Waals surface area contributed by atoms with Crippen LogP contribution in [0, 0.1) is 5.82 Å². The second kappa shape index (κ2) is 5.67. The molecule has 0 aliphatic carbocycles. The lowest BCUT2D eigenvalue weighted by Gasteiger charge is -2.08. The van der Waals surface area contributed by atoms with Crippen molar-refractivity contribution in [2.45, 2.75) is 6.36 Å². The lowest BCUT2D eigenvalue weighted by molar-refractivity contribution is -0.326. The number of anilines is 1. The Balaban J connectivity index is 2.46. The maximum atomic E-state index is 12.9. The standard InChI is InChI=1S/C10H9F4NO3/c11-7-3-6(4-8(15)5-7)9(16)17-1-2-18-10(12,13)14/h3-5H,1-2,15H2.